The SMILES string of the molecule is Nc1nccc(Cl)c1C#CCCCN1CCOCC1. The van der Waals surface area contributed by atoms with Crippen molar-refractivity contribution in [3.63, 3.8) is 0 Å². The van der Waals surface area contributed by atoms with Gasteiger partial charge in [0, 0.05) is 25.7 Å². The van der Waals surface area contributed by atoms with Crippen molar-refractivity contribution in [3.8, 4) is 11.8 Å². The summed E-state index contributed by atoms with van der Waals surface area (Å²) in [5.41, 5.74) is 6.37. The molecule has 0 amide bonds. The Kier molecular flexibility index (Phi) is 5.46. The molecule has 5 heteroatoms. The lowest BCUT2D eigenvalue weighted by molar-refractivity contribution is 0.0376. The molecule has 0 radical (unpaired) electrons. The highest BCUT2D eigenvalue weighted by Gasteiger charge is 2.08. The maximum absolute atomic E-state index is 6.02. The first kappa shape index (κ1) is 14.1. The lowest BCUT2D eigenvalue weighted by Crippen LogP contribution is -2.36. The van der Waals surface area contributed by atoms with Gasteiger partial charge < -0.3 is 10.5 Å². The van der Waals surface area contributed by atoms with Crippen molar-refractivity contribution in [1.82, 2.24) is 9.88 Å². The van der Waals surface area contributed by atoms with Gasteiger partial charge in [0.05, 0.1) is 23.8 Å². The van der Waals surface area contributed by atoms with Gasteiger partial charge in [0.15, 0.2) is 0 Å². The van der Waals surface area contributed by atoms with E-state index >= 15 is 0 Å². The second-order valence-corrected chi connectivity index (χ2v) is 4.82. The monoisotopic (exact) mass is 279 g/mol. The average Bonchev–Trinajstić information content (AvgIpc) is 2.42. The van der Waals surface area contributed by atoms with E-state index in [2.05, 4.69) is 21.7 Å². The van der Waals surface area contributed by atoms with Crippen LogP contribution < -0.4 is 5.73 Å². The minimum Gasteiger partial charge on any atom is -0.383 e. The molecule has 0 bridgehead atoms. The molecule has 0 spiro atoms. The fourth-order valence-electron chi connectivity index (χ4n) is 1.94. The van der Waals surface area contributed by atoms with E-state index in [-0.39, 0.29) is 0 Å². The Morgan fingerprint density at radius 3 is 2.95 bits per heavy atom. The molecule has 102 valence electrons. The molecule has 2 heterocycles. The third-order valence-corrected chi connectivity index (χ3v) is 3.34. The lowest BCUT2D eigenvalue weighted by Gasteiger charge is -2.26. The van der Waals surface area contributed by atoms with Crippen LogP contribution in [0.5, 0.6) is 0 Å². The van der Waals surface area contributed by atoms with Crippen LogP contribution in [0.25, 0.3) is 0 Å². The first-order valence-corrected chi connectivity index (χ1v) is 6.84. The molecular formula is C14H18ClN3O. The molecular weight excluding hydrogens is 262 g/mol. The zero-order valence-corrected chi connectivity index (χ0v) is 11.6. The molecule has 1 aromatic rings. The van der Waals surface area contributed by atoms with E-state index in [1.165, 1.54) is 0 Å². The number of nitrogen functional groups attached to an aromatic ring is 1. The van der Waals surface area contributed by atoms with Crippen molar-refractivity contribution in [2.75, 3.05) is 38.6 Å². The Hall–Kier alpha value is -1.28. The fraction of sp³-hybridized carbons (Fsp3) is 0.500. The molecule has 4 nitrogen and oxygen atoms in total. The van der Waals surface area contributed by atoms with Crippen LogP contribution in [0.15, 0.2) is 12.3 Å². The lowest BCUT2D eigenvalue weighted by atomic mass is 10.2. The van der Waals surface area contributed by atoms with Gasteiger partial charge in [-0.25, -0.2) is 4.98 Å². The van der Waals surface area contributed by atoms with Gasteiger partial charge in [-0.1, -0.05) is 23.4 Å². The van der Waals surface area contributed by atoms with Crippen LogP contribution in [0.1, 0.15) is 18.4 Å². The topological polar surface area (TPSA) is 51.4 Å². The smallest absolute Gasteiger partial charge is 0.140 e. The molecule has 1 fully saturated rings. The first-order valence-electron chi connectivity index (χ1n) is 6.46. The molecule has 0 aliphatic carbocycles. The van der Waals surface area contributed by atoms with Gasteiger partial charge in [0.2, 0.25) is 0 Å². The third-order valence-electron chi connectivity index (χ3n) is 3.02. The van der Waals surface area contributed by atoms with Gasteiger partial charge >= 0.3 is 0 Å². The van der Waals surface area contributed by atoms with Crippen molar-refractivity contribution in [1.29, 1.82) is 0 Å². The Balaban J connectivity index is 1.78. The van der Waals surface area contributed by atoms with E-state index in [0.29, 0.717) is 16.4 Å². The minimum absolute atomic E-state index is 0.396. The summed E-state index contributed by atoms with van der Waals surface area (Å²) in [7, 11) is 0. The molecule has 0 aromatic carbocycles. The summed E-state index contributed by atoms with van der Waals surface area (Å²) in [5.74, 6) is 6.51. The van der Waals surface area contributed by atoms with Crippen molar-refractivity contribution >= 4 is 17.4 Å². The normalized spacial score (nSPS) is 15.8. The molecule has 2 rings (SSSR count). The molecule has 1 saturated heterocycles. The predicted octanol–water partition coefficient (Wildman–Crippen LogP) is 1.78. The van der Waals surface area contributed by atoms with Crippen LogP contribution in [0, 0.1) is 11.8 Å². The third kappa shape index (κ3) is 4.39. The molecule has 2 N–H and O–H groups in total. The summed E-state index contributed by atoms with van der Waals surface area (Å²) in [5, 5.41) is 0.563. The number of unbranched alkanes of at least 4 members (excludes halogenated alkanes) is 1. The summed E-state index contributed by atoms with van der Waals surface area (Å²) in [6.45, 7) is 4.79. The summed E-state index contributed by atoms with van der Waals surface area (Å²) in [4.78, 5) is 6.38. The average molecular weight is 280 g/mol. The Bertz CT molecular complexity index is 455. The van der Waals surface area contributed by atoms with Crippen LogP contribution in [-0.4, -0.2) is 42.7 Å². The summed E-state index contributed by atoms with van der Waals surface area (Å²) in [6, 6.07) is 1.70. The Morgan fingerprint density at radius 2 is 2.21 bits per heavy atom. The summed E-state index contributed by atoms with van der Waals surface area (Å²) in [6.07, 6.45) is 3.47. The highest BCUT2D eigenvalue weighted by Crippen LogP contribution is 2.18. The number of rotatable bonds is 3. The summed E-state index contributed by atoms with van der Waals surface area (Å²) >= 11 is 6.02. The van der Waals surface area contributed by atoms with Crippen LogP contribution in [0.2, 0.25) is 5.02 Å². The molecule has 0 atom stereocenters. The van der Waals surface area contributed by atoms with Gasteiger partial charge in [0.1, 0.15) is 5.82 Å². The number of hydrogen-bond acceptors (Lipinski definition) is 4. The van der Waals surface area contributed by atoms with E-state index in [4.69, 9.17) is 22.1 Å². The van der Waals surface area contributed by atoms with E-state index in [1.54, 1.807) is 12.3 Å². The number of pyridine rings is 1. The van der Waals surface area contributed by atoms with Crippen molar-refractivity contribution < 1.29 is 4.74 Å². The standard InChI is InChI=1S/C14H18ClN3O/c15-13-5-6-17-14(16)12(13)4-2-1-3-7-18-8-10-19-11-9-18/h5-6H,1,3,7-11H2,(H2,16,17). The van der Waals surface area contributed by atoms with Gasteiger partial charge in [-0.05, 0) is 19.0 Å². The van der Waals surface area contributed by atoms with E-state index in [0.717, 1.165) is 45.7 Å². The van der Waals surface area contributed by atoms with Gasteiger partial charge in [-0.15, -0.1) is 0 Å². The molecule has 19 heavy (non-hydrogen) atoms. The van der Waals surface area contributed by atoms with E-state index in [1.807, 2.05) is 0 Å². The van der Waals surface area contributed by atoms with Crippen LogP contribution >= 0.6 is 11.6 Å². The van der Waals surface area contributed by atoms with Gasteiger partial charge in [-0.3, -0.25) is 4.90 Å². The second-order valence-electron chi connectivity index (χ2n) is 4.41. The van der Waals surface area contributed by atoms with Crippen molar-refractivity contribution in [2.24, 2.45) is 0 Å². The maximum Gasteiger partial charge on any atom is 0.140 e. The highest BCUT2D eigenvalue weighted by molar-refractivity contribution is 6.32. The number of hydrogen-bond donors (Lipinski definition) is 1. The van der Waals surface area contributed by atoms with Crippen LogP contribution in [-0.2, 0) is 4.74 Å². The number of halogens is 1. The Labute approximate surface area is 118 Å². The second kappa shape index (κ2) is 7.34. The number of ether oxygens (including phenoxy) is 1. The zero-order valence-electron chi connectivity index (χ0n) is 10.9. The van der Waals surface area contributed by atoms with E-state index < -0.39 is 0 Å². The van der Waals surface area contributed by atoms with Gasteiger partial charge in [-0.2, -0.15) is 0 Å². The fourth-order valence-corrected chi connectivity index (χ4v) is 2.14. The molecule has 0 saturated carbocycles. The van der Waals surface area contributed by atoms with Crippen molar-refractivity contribution in [3.05, 3.63) is 22.8 Å². The van der Waals surface area contributed by atoms with Crippen LogP contribution in [0.4, 0.5) is 5.82 Å². The highest BCUT2D eigenvalue weighted by atomic mass is 35.5. The van der Waals surface area contributed by atoms with E-state index in [9.17, 15) is 0 Å². The van der Waals surface area contributed by atoms with Crippen molar-refractivity contribution in [2.45, 2.75) is 12.8 Å². The number of anilines is 1. The minimum atomic E-state index is 0.396. The quantitative estimate of drug-likeness (QED) is 0.677. The predicted molar refractivity (Wildman–Crippen MR) is 77.0 cm³/mol. The van der Waals surface area contributed by atoms with Gasteiger partial charge in [0.25, 0.3) is 0 Å². The number of morpholine rings is 1. The largest absolute Gasteiger partial charge is 0.383 e. The number of nitrogens with two attached hydrogens (primary N) is 1. The number of nitrogens with zero attached hydrogens (tertiary/aromatic N) is 2. The zero-order chi connectivity index (χ0) is 13.5. The number of aromatic nitrogens is 1. The molecule has 1 aliphatic heterocycles. The Morgan fingerprint density at radius 1 is 1.42 bits per heavy atom. The molecule has 1 aromatic heterocycles. The molecule has 0 unspecified atom stereocenters. The van der Waals surface area contributed by atoms with Crippen LogP contribution in [0.3, 0.4) is 0 Å². The maximum atomic E-state index is 6.02. The summed E-state index contributed by atoms with van der Waals surface area (Å²) < 4.78 is 5.31. The first-order chi connectivity index (χ1) is 9.27. The molecule has 1 aliphatic rings.